The third kappa shape index (κ3) is 3.07. The molecule has 6 heteroatoms. The summed E-state index contributed by atoms with van der Waals surface area (Å²) in [6.45, 7) is 5.67. The highest BCUT2D eigenvalue weighted by Gasteiger charge is 2.41. The molecule has 1 aromatic carbocycles. The smallest absolute Gasteiger partial charge is 0.257 e. The summed E-state index contributed by atoms with van der Waals surface area (Å²) >= 11 is 0. The first-order valence-corrected chi connectivity index (χ1v) is 9.03. The molecule has 3 heterocycles. The molecule has 0 bridgehead atoms. The monoisotopic (exact) mass is 339 g/mol. The van der Waals surface area contributed by atoms with Crippen LogP contribution in [0.5, 0.6) is 0 Å². The van der Waals surface area contributed by atoms with Crippen LogP contribution in [0.1, 0.15) is 48.3 Å². The van der Waals surface area contributed by atoms with E-state index in [1.165, 1.54) is 5.56 Å². The Morgan fingerprint density at radius 2 is 2.04 bits per heavy atom. The molecule has 2 N–H and O–H groups in total. The number of aromatic nitrogens is 2. The molecule has 0 spiro atoms. The van der Waals surface area contributed by atoms with Crippen molar-refractivity contribution < 1.29 is 4.79 Å². The summed E-state index contributed by atoms with van der Waals surface area (Å²) in [7, 11) is 0. The predicted octanol–water partition coefficient (Wildman–Crippen LogP) is 2.14. The highest BCUT2D eigenvalue weighted by atomic mass is 16.2. The number of hydrogen-bond acceptors (Lipinski definition) is 4. The largest absolute Gasteiger partial charge is 0.338 e. The van der Waals surface area contributed by atoms with Crippen LogP contribution in [0, 0.1) is 5.92 Å². The fourth-order valence-electron chi connectivity index (χ4n) is 3.89. The number of nitrogens with zero attached hydrogens (tertiary/aromatic N) is 3. The van der Waals surface area contributed by atoms with Gasteiger partial charge in [-0.05, 0) is 25.8 Å². The van der Waals surface area contributed by atoms with E-state index in [2.05, 4.69) is 54.1 Å². The van der Waals surface area contributed by atoms with Crippen LogP contribution in [0.4, 0.5) is 0 Å². The summed E-state index contributed by atoms with van der Waals surface area (Å²) in [6, 6.07) is 11.4. The standard InChI is InChI=1S/C19H25N5O/c1-13(2)24-11-15(10-20-24)19(25)23-9-8-17-16(12-23)18(22-21-17)14-6-4-3-5-7-14/h3-7,10-11,13,16-18,21-22H,8-9,12H2,1-2H3. The van der Waals surface area contributed by atoms with Crippen molar-refractivity contribution in [1.29, 1.82) is 0 Å². The van der Waals surface area contributed by atoms with Crippen molar-refractivity contribution in [2.24, 2.45) is 5.92 Å². The van der Waals surface area contributed by atoms with E-state index < -0.39 is 0 Å². The van der Waals surface area contributed by atoms with Gasteiger partial charge in [-0.1, -0.05) is 30.3 Å². The normalized spacial score (nSPS) is 26.0. The van der Waals surface area contributed by atoms with Gasteiger partial charge in [0.1, 0.15) is 0 Å². The van der Waals surface area contributed by atoms with E-state index in [0.717, 1.165) is 19.5 Å². The molecule has 0 saturated carbocycles. The fraction of sp³-hybridized carbons (Fsp3) is 0.474. The van der Waals surface area contributed by atoms with E-state index in [1.54, 1.807) is 6.20 Å². The molecule has 0 aliphatic carbocycles. The van der Waals surface area contributed by atoms with Crippen LogP contribution >= 0.6 is 0 Å². The second-order valence-electron chi connectivity index (χ2n) is 7.29. The van der Waals surface area contributed by atoms with Crippen LogP contribution < -0.4 is 10.9 Å². The number of nitrogens with one attached hydrogen (secondary N) is 2. The first kappa shape index (κ1) is 16.3. The number of fused-ring (bicyclic) bond motifs is 1. The minimum absolute atomic E-state index is 0.0871. The van der Waals surface area contributed by atoms with Gasteiger partial charge in [-0.2, -0.15) is 5.10 Å². The Labute approximate surface area is 148 Å². The van der Waals surface area contributed by atoms with Crippen LogP contribution in [0.25, 0.3) is 0 Å². The Morgan fingerprint density at radius 1 is 1.24 bits per heavy atom. The second kappa shape index (κ2) is 6.61. The van der Waals surface area contributed by atoms with Gasteiger partial charge in [0.2, 0.25) is 0 Å². The second-order valence-corrected chi connectivity index (χ2v) is 7.29. The van der Waals surface area contributed by atoms with Gasteiger partial charge in [-0.25, -0.2) is 5.43 Å². The minimum Gasteiger partial charge on any atom is -0.338 e. The summed E-state index contributed by atoms with van der Waals surface area (Å²) in [5.74, 6) is 0.462. The maximum Gasteiger partial charge on any atom is 0.257 e. The van der Waals surface area contributed by atoms with E-state index in [9.17, 15) is 4.79 Å². The van der Waals surface area contributed by atoms with Crippen LogP contribution in [-0.2, 0) is 0 Å². The molecule has 2 aromatic rings. The van der Waals surface area contributed by atoms with Crippen molar-refractivity contribution in [3.8, 4) is 0 Å². The zero-order chi connectivity index (χ0) is 17.4. The quantitative estimate of drug-likeness (QED) is 0.899. The lowest BCUT2D eigenvalue weighted by molar-refractivity contribution is 0.0652. The fourth-order valence-corrected chi connectivity index (χ4v) is 3.89. The Kier molecular flexibility index (Phi) is 4.31. The van der Waals surface area contributed by atoms with Crippen LogP contribution in [0.3, 0.4) is 0 Å². The summed E-state index contributed by atoms with van der Waals surface area (Å²) in [5.41, 5.74) is 8.80. The van der Waals surface area contributed by atoms with Crippen LogP contribution in [-0.4, -0.2) is 39.7 Å². The van der Waals surface area contributed by atoms with Gasteiger partial charge in [0, 0.05) is 37.3 Å². The Balaban J connectivity index is 1.50. The van der Waals surface area contributed by atoms with Crippen LogP contribution in [0.15, 0.2) is 42.7 Å². The molecule has 4 rings (SSSR count). The van der Waals surface area contributed by atoms with Gasteiger partial charge in [0.15, 0.2) is 0 Å². The number of hydrogen-bond donors (Lipinski definition) is 2. The van der Waals surface area contributed by atoms with Gasteiger partial charge in [0.05, 0.1) is 17.8 Å². The first-order chi connectivity index (χ1) is 12.1. The molecule has 0 radical (unpaired) electrons. The number of rotatable bonds is 3. The van der Waals surface area contributed by atoms with Crippen molar-refractivity contribution in [1.82, 2.24) is 25.5 Å². The molecular weight excluding hydrogens is 314 g/mol. The molecule has 3 atom stereocenters. The third-order valence-electron chi connectivity index (χ3n) is 5.33. The Morgan fingerprint density at radius 3 is 2.76 bits per heavy atom. The SMILES string of the molecule is CC(C)n1cc(C(=O)N2CCC3NNC(c4ccccc4)C3C2)cn1. The maximum absolute atomic E-state index is 12.9. The molecule has 2 aliphatic heterocycles. The lowest BCUT2D eigenvalue weighted by atomic mass is 9.85. The molecule has 25 heavy (non-hydrogen) atoms. The average Bonchev–Trinajstić information content (AvgIpc) is 3.28. The lowest BCUT2D eigenvalue weighted by Gasteiger charge is -2.36. The van der Waals surface area contributed by atoms with Gasteiger partial charge in [-0.15, -0.1) is 0 Å². The van der Waals surface area contributed by atoms with Gasteiger partial charge >= 0.3 is 0 Å². The number of benzene rings is 1. The molecule has 2 fully saturated rings. The van der Waals surface area contributed by atoms with Gasteiger partial charge in [-0.3, -0.25) is 14.9 Å². The Hall–Kier alpha value is -2.18. The number of likely N-dealkylation sites (tertiary alicyclic amines) is 1. The summed E-state index contributed by atoms with van der Waals surface area (Å²) in [5, 5.41) is 4.31. The average molecular weight is 339 g/mol. The highest BCUT2D eigenvalue weighted by molar-refractivity contribution is 5.93. The number of carbonyl (C=O) groups excluding carboxylic acids is 1. The minimum atomic E-state index is 0.0871. The van der Waals surface area contributed by atoms with Crippen LogP contribution in [0.2, 0.25) is 0 Å². The van der Waals surface area contributed by atoms with E-state index in [1.807, 2.05) is 21.8 Å². The summed E-state index contributed by atoms with van der Waals surface area (Å²) in [6.07, 6.45) is 4.51. The zero-order valence-electron chi connectivity index (χ0n) is 14.7. The van der Waals surface area contributed by atoms with E-state index in [4.69, 9.17) is 0 Å². The summed E-state index contributed by atoms with van der Waals surface area (Å²) in [4.78, 5) is 14.9. The van der Waals surface area contributed by atoms with Crippen molar-refractivity contribution in [3.63, 3.8) is 0 Å². The number of carbonyl (C=O) groups is 1. The van der Waals surface area contributed by atoms with E-state index in [0.29, 0.717) is 17.5 Å². The zero-order valence-corrected chi connectivity index (χ0v) is 14.7. The molecule has 2 aliphatic rings. The molecule has 2 saturated heterocycles. The first-order valence-electron chi connectivity index (χ1n) is 9.03. The van der Waals surface area contributed by atoms with Gasteiger partial charge in [0.25, 0.3) is 5.91 Å². The third-order valence-corrected chi connectivity index (χ3v) is 5.33. The topological polar surface area (TPSA) is 62.2 Å². The number of hydrazine groups is 1. The lowest BCUT2D eigenvalue weighted by Crippen LogP contribution is -2.47. The maximum atomic E-state index is 12.9. The number of piperidine rings is 1. The van der Waals surface area contributed by atoms with E-state index >= 15 is 0 Å². The van der Waals surface area contributed by atoms with Crippen molar-refractivity contribution >= 4 is 5.91 Å². The van der Waals surface area contributed by atoms with Crippen molar-refractivity contribution in [3.05, 3.63) is 53.9 Å². The molecule has 3 unspecified atom stereocenters. The van der Waals surface area contributed by atoms with Crippen molar-refractivity contribution in [2.45, 2.75) is 38.4 Å². The Bertz CT molecular complexity index is 741. The van der Waals surface area contributed by atoms with Crippen molar-refractivity contribution in [2.75, 3.05) is 13.1 Å². The molecule has 132 valence electrons. The number of amides is 1. The van der Waals surface area contributed by atoms with Gasteiger partial charge < -0.3 is 4.90 Å². The van der Waals surface area contributed by atoms with E-state index in [-0.39, 0.29) is 18.0 Å². The molecule has 1 aromatic heterocycles. The highest BCUT2D eigenvalue weighted by Crippen LogP contribution is 2.34. The molecular formula is C19H25N5O. The molecule has 6 nitrogen and oxygen atoms in total. The predicted molar refractivity (Wildman–Crippen MR) is 95.9 cm³/mol. The molecule has 1 amide bonds. The summed E-state index contributed by atoms with van der Waals surface area (Å²) < 4.78 is 1.84.